The minimum atomic E-state index is -0.941. The van der Waals surface area contributed by atoms with Crippen molar-refractivity contribution < 1.29 is 18.8 Å². The Balaban J connectivity index is 1.74. The summed E-state index contributed by atoms with van der Waals surface area (Å²) in [4.78, 5) is 40.6. The first-order valence-electron chi connectivity index (χ1n) is 9.68. The third-order valence-corrected chi connectivity index (χ3v) is 6.16. The highest BCUT2D eigenvalue weighted by Gasteiger charge is 2.38. The summed E-state index contributed by atoms with van der Waals surface area (Å²) in [6.45, 7) is 3.34. The van der Waals surface area contributed by atoms with Gasteiger partial charge in [0.2, 0.25) is 0 Å². The summed E-state index contributed by atoms with van der Waals surface area (Å²) >= 11 is 12.2. The van der Waals surface area contributed by atoms with Crippen LogP contribution in [0.5, 0.6) is 0 Å². The molecule has 2 heterocycles. The second-order valence-corrected chi connectivity index (χ2v) is 8.17. The highest BCUT2D eigenvalue weighted by Crippen LogP contribution is 2.35. The fraction of sp³-hybridized carbons (Fsp3) is 0.227. The minimum absolute atomic E-state index is 0.00134. The summed E-state index contributed by atoms with van der Waals surface area (Å²) < 4.78 is 14.8. The smallest absolute Gasteiger partial charge is 0.336 e. The molecule has 31 heavy (non-hydrogen) atoms. The van der Waals surface area contributed by atoms with Gasteiger partial charge in [-0.3, -0.25) is 14.9 Å². The van der Waals surface area contributed by atoms with Crippen molar-refractivity contribution in [1.29, 1.82) is 0 Å². The first-order chi connectivity index (χ1) is 14.8. The summed E-state index contributed by atoms with van der Waals surface area (Å²) in [6.07, 6.45) is 3.30. The molecular formula is C22H18Cl2FN3O3. The van der Waals surface area contributed by atoms with Crippen LogP contribution < -0.4 is 15.1 Å². The molecule has 160 valence electrons. The predicted molar refractivity (Wildman–Crippen MR) is 118 cm³/mol. The molecule has 0 aromatic heterocycles. The Morgan fingerprint density at radius 2 is 1.77 bits per heavy atom. The van der Waals surface area contributed by atoms with E-state index in [1.807, 2.05) is 4.90 Å². The zero-order valence-electron chi connectivity index (χ0n) is 16.5. The number of nitrogens with zero attached hydrogens (tertiary/aromatic N) is 2. The van der Waals surface area contributed by atoms with Gasteiger partial charge < -0.3 is 4.90 Å². The molecule has 0 atom stereocenters. The van der Waals surface area contributed by atoms with Crippen molar-refractivity contribution in [2.75, 3.05) is 22.9 Å². The van der Waals surface area contributed by atoms with Crippen LogP contribution in [0.2, 0.25) is 10.0 Å². The zero-order valence-corrected chi connectivity index (χ0v) is 18.1. The first kappa shape index (κ1) is 21.3. The van der Waals surface area contributed by atoms with Crippen molar-refractivity contribution in [3.05, 3.63) is 62.9 Å². The number of benzene rings is 2. The molecule has 2 aromatic carbocycles. The third kappa shape index (κ3) is 3.91. The van der Waals surface area contributed by atoms with Crippen LogP contribution in [-0.4, -0.2) is 30.9 Å². The van der Waals surface area contributed by atoms with Crippen molar-refractivity contribution in [2.45, 2.75) is 19.8 Å². The summed E-state index contributed by atoms with van der Waals surface area (Å²) in [5, 5.41) is 2.27. The van der Waals surface area contributed by atoms with Gasteiger partial charge in [0.05, 0.1) is 21.4 Å². The van der Waals surface area contributed by atoms with Gasteiger partial charge in [-0.1, -0.05) is 29.3 Å². The standard InChI is InChI=1S/C22H18Cl2FN3O3/c1-12-9-18(27-7-2-3-8-27)16(25)11-13(12)10-14-20(29)26-22(31)28(21(14)30)17-6-4-5-15(23)19(17)24/h4-6,9-11H,2-3,7-8H2,1H3,(H,26,29,31). The number of hydrogen-bond donors (Lipinski definition) is 1. The number of amides is 4. The van der Waals surface area contributed by atoms with E-state index in [2.05, 4.69) is 5.32 Å². The second-order valence-electron chi connectivity index (χ2n) is 7.39. The Morgan fingerprint density at radius 1 is 1.06 bits per heavy atom. The molecule has 2 aromatic rings. The summed E-state index contributed by atoms with van der Waals surface area (Å²) in [5.41, 5.74) is 1.29. The number of imide groups is 2. The Hall–Kier alpha value is -2.90. The highest BCUT2D eigenvalue weighted by molar-refractivity contribution is 6.46. The van der Waals surface area contributed by atoms with Gasteiger partial charge >= 0.3 is 6.03 Å². The molecular weight excluding hydrogens is 444 g/mol. The number of aryl methyl sites for hydroxylation is 1. The van der Waals surface area contributed by atoms with Crippen molar-refractivity contribution >= 4 is 58.5 Å². The molecule has 9 heteroatoms. The number of carbonyl (C=O) groups excluding carboxylic acids is 3. The van der Waals surface area contributed by atoms with E-state index < -0.39 is 23.7 Å². The van der Waals surface area contributed by atoms with Crippen LogP contribution in [0.25, 0.3) is 6.08 Å². The van der Waals surface area contributed by atoms with E-state index in [9.17, 15) is 18.8 Å². The van der Waals surface area contributed by atoms with Crippen LogP contribution in [-0.2, 0) is 9.59 Å². The average molecular weight is 462 g/mol. The van der Waals surface area contributed by atoms with E-state index in [1.165, 1.54) is 30.3 Å². The molecule has 2 fully saturated rings. The highest BCUT2D eigenvalue weighted by atomic mass is 35.5. The molecule has 0 aliphatic carbocycles. The average Bonchev–Trinajstić information content (AvgIpc) is 3.25. The second kappa shape index (κ2) is 8.32. The van der Waals surface area contributed by atoms with Crippen LogP contribution in [0, 0.1) is 12.7 Å². The number of nitrogens with one attached hydrogen (secondary N) is 1. The molecule has 0 spiro atoms. The molecule has 0 bridgehead atoms. The van der Waals surface area contributed by atoms with Crippen molar-refractivity contribution in [2.24, 2.45) is 0 Å². The van der Waals surface area contributed by atoms with Crippen LogP contribution >= 0.6 is 23.2 Å². The van der Waals surface area contributed by atoms with E-state index >= 15 is 0 Å². The van der Waals surface area contributed by atoms with Gasteiger partial charge in [0.15, 0.2) is 0 Å². The van der Waals surface area contributed by atoms with Gasteiger partial charge in [0, 0.05) is 13.1 Å². The lowest BCUT2D eigenvalue weighted by Crippen LogP contribution is -2.54. The van der Waals surface area contributed by atoms with Crippen molar-refractivity contribution in [3.63, 3.8) is 0 Å². The summed E-state index contributed by atoms with van der Waals surface area (Å²) in [7, 11) is 0. The largest absolute Gasteiger partial charge is 0.369 e. The minimum Gasteiger partial charge on any atom is -0.369 e. The lowest BCUT2D eigenvalue weighted by atomic mass is 10.0. The molecule has 1 N–H and O–H groups in total. The normalized spacial score (nSPS) is 18.2. The molecule has 4 rings (SSSR count). The van der Waals surface area contributed by atoms with Crippen LogP contribution in [0.3, 0.4) is 0 Å². The van der Waals surface area contributed by atoms with Gasteiger partial charge in [-0.15, -0.1) is 0 Å². The molecule has 2 aliphatic rings. The van der Waals surface area contributed by atoms with Crippen molar-refractivity contribution in [3.8, 4) is 0 Å². The van der Waals surface area contributed by atoms with E-state index in [-0.39, 0.29) is 21.3 Å². The Kier molecular flexibility index (Phi) is 5.73. The zero-order chi connectivity index (χ0) is 22.3. The molecule has 2 saturated heterocycles. The Labute approximate surface area is 188 Å². The van der Waals surface area contributed by atoms with Gasteiger partial charge in [-0.05, 0) is 61.2 Å². The number of hydrogen-bond acceptors (Lipinski definition) is 4. The maximum absolute atomic E-state index is 14.8. The third-order valence-electron chi connectivity index (χ3n) is 5.36. The van der Waals surface area contributed by atoms with Crippen LogP contribution in [0.4, 0.5) is 20.6 Å². The molecule has 6 nitrogen and oxygen atoms in total. The lowest BCUT2D eigenvalue weighted by molar-refractivity contribution is -0.122. The number of carbonyl (C=O) groups is 3. The molecule has 2 aliphatic heterocycles. The SMILES string of the molecule is Cc1cc(N2CCCC2)c(F)cc1C=C1C(=O)NC(=O)N(c2cccc(Cl)c2Cl)C1=O. The monoisotopic (exact) mass is 461 g/mol. The topological polar surface area (TPSA) is 69.7 Å². The molecule has 4 amide bonds. The number of halogens is 3. The fourth-order valence-corrected chi connectivity index (χ4v) is 4.11. The molecule has 0 unspecified atom stereocenters. The Morgan fingerprint density at radius 3 is 2.48 bits per heavy atom. The molecule has 0 saturated carbocycles. The van der Waals surface area contributed by atoms with E-state index in [0.717, 1.165) is 30.8 Å². The summed E-state index contributed by atoms with van der Waals surface area (Å²) in [6, 6.07) is 6.53. The lowest BCUT2D eigenvalue weighted by Gasteiger charge is -2.27. The fourth-order valence-electron chi connectivity index (χ4n) is 3.73. The van der Waals surface area contributed by atoms with Gasteiger partial charge in [0.1, 0.15) is 11.4 Å². The number of anilines is 2. The first-order valence-corrected chi connectivity index (χ1v) is 10.4. The van der Waals surface area contributed by atoms with Gasteiger partial charge in [-0.2, -0.15) is 0 Å². The number of barbiturate groups is 1. The quantitative estimate of drug-likeness (QED) is 0.530. The van der Waals surface area contributed by atoms with E-state index in [1.54, 1.807) is 13.0 Å². The van der Waals surface area contributed by atoms with Gasteiger partial charge in [-0.25, -0.2) is 14.1 Å². The van der Waals surface area contributed by atoms with E-state index in [4.69, 9.17) is 23.2 Å². The Bertz CT molecular complexity index is 1140. The maximum Gasteiger partial charge on any atom is 0.336 e. The van der Waals surface area contributed by atoms with Gasteiger partial charge in [0.25, 0.3) is 11.8 Å². The number of urea groups is 1. The molecule has 0 radical (unpaired) electrons. The van der Waals surface area contributed by atoms with Crippen LogP contribution in [0.15, 0.2) is 35.9 Å². The van der Waals surface area contributed by atoms with E-state index in [0.29, 0.717) is 16.8 Å². The number of rotatable bonds is 3. The summed E-state index contributed by atoms with van der Waals surface area (Å²) in [5.74, 6) is -2.18. The van der Waals surface area contributed by atoms with Crippen molar-refractivity contribution in [1.82, 2.24) is 5.32 Å². The maximum atomic E-state index is 14.8. The van der Waals surface area contributed by atoms with Crippen LogP contribution in [0.1, 0.15) is 24.0 Å². The predicted octanol–water partition coefficient (Wildman–Crippen LogP) is 4.71.